The van der Waals surface area contributed by atoms with Gasteiger partial charge in [-0.15, -0.1) is 0 Å². The molecular formula is C20H17ClN2O5. The van der Waals surface area contributed by atoms with E-state index in [0.29, 0.717) is 29.3 Å². The molecule has 0 radical (unpaired) electrons. The highest BCUT2D eigenvalue weighted by Gasteiger charge is 2.40. The standard InChI is InChI=1S/C20H17ClN2O5/c1-3-28-15-7-5-4-6-14(15)23-18(24)16(21)17(19(23)25)22-13-10-8-12(9-11-13)20(26)27-2/h4-11,22H,3H2,1-2H3. The number of para-hydroxylation sites is 2. The number of methoxy groups -OCH3 is 1. The van der Waals surface area contributed by atoms with Gasteiger partial charge in [0, 0.05) is 5.69 Å². The Balaban J connectivity index is 1.87. The lowest BCUT2D eigenvalue weighted by Gasteiger charge is -2.18. The summed E-state index contributed by atoms with van der Waals surface area (Å²) in [5, 5.41) is 2.62. The van der Waals surface area contributed by atoms with Crippen LogP contribution < -0.4 is 15.0 Å². The van der Waals surface area contributed by atoms with E-state index in [1.165, 1.54) is 19.2 Å². The second-order valence-electron chi connectivity index (χ2n) is 5.73. The number of anilines is 2. The average molecular weight is 401 g/mol. The monoisotopic (exact) mass is 400 g/mol. The Morgan fingerprint density at radius 2 is 1.75 bits per heavy atom. The van der Waals surface area contributed by atoms with E-state index < -0.39 is 17.8 Å². The first-order valence-electron chi connectivity index (χ1n) is 8.43. The third-order valence-corrected chi connectivity index (χ3v) is 4.36. The molecule has 1 N–H and O–H groups in total. The van der Waals surface area contributed by atoms with E-state index in [9.17, 15) is 14.4 Å². The fourth-order valence-electron chi connectivity index (χ4n) is 2.70. The topological polar surface area (TPSA) is 84.9 Å². The molecule has 0 atom stereocenters. The molecule has 144 valence electrons. The molecule has 0 spiro atoms. The number of ether oxygens (including phenoxy) is 2. The SMILES string of the molecule is CCOc1ccccc1N1C(=O)C(Cl)=C(Nc2ccc(C(=O)OC)cc2)C1=O. The minimum atomic E-state index is -0.646. The zero-order valence-electron chi connectivity index (χ0n) is 15.2. The van der Waals surface area contributed by atoms with Crippen LogP contribution in [0.1, 0.15) is 17.3 Å². The normalized spacial score (nSPS) is 13.8. The van der Waals surface area contributed by atoms with Gasteiger partial charge in [-0.1, -0.05) is 23.7 Å². The van der Waals surface area contributed by atoms with E-state index in [2.05, 4.69) is 10.1 Å². The Kier molecular flexibility index (Phi) is 5.65. The van der Waals surface area contributed by atoms with E-state index in [1.807, 2.05) is 0 Å². The van der Waals surface area contributed by atoms with Crippen LogP contribution >= 0.6 is 11.6 Å². The van der Waals surface area contributed by atoms with Gasteiger partial charge in [-0.05, 0) is 43.3 Å². The van der Waals surface area contributed by atoms with Gasteiger partial charge in [-0.25, -0.2) is 9.69 Å². The molecule has 2 aromatic carbocycles. The molecule has 1 aliphatic heterocycles. The highest BCUT2D eigenvalue weighted by Crippen LogP contribution is 2.35. The summed E-state index contributed by atoms with van der Waals surface area (Å²) < 4.78 is 10.2. The van der Waals surface area contributed by atoms with Crippen LogP contribution in [0.5, 0.6) is 5.75 Å². The summed E-state index contributed by atoms with van der Waals surface area (Å²) in [7, 11) is 1.29. The number of halogens is 1. The number of nitrogens with zero attached hydrogens (tertiary/aromatic N) is 1. The minimum Gasteiger partial charge on any atom is -0.492 e. The molecule has 0 saturated heterocycles. The number of esters is 1. The van der Waals surface area contributed by atoms with E-state index in [4.69, 9.17) is 16.3 Å². The first-order valence-corrected chi connectivity index (χ1v) is 8.81. The first kappa shape index (κ1) is 19.4. The van der Waals surface area contributed by atoms with Gasteiger partial charge >= 0.3 is 5.97 Å². The van der Waals surface area contributed by atoms with Crippen LogP contribution in [-0.4, -0.2) is 31.5 Å². The summed E-state index contributed by atoms with van der Waals surface area (Å²) in [6, 6.07) is 13.0. The van der Waals surface area contributed by atoms with Crippen molar-refractivity contribution < 1.29 is 23.9 Å². The molecule has 0 saturated carbocycles. The van der Waals surface area contributed by atoms with Crippen molar-refractivity contribution in [3.63, 3.8) is 0 Å². The fourth-order valence-corrected chi connectivity index (χ4v) is 2.91. The highest BCUT2D eigenvalue weighted by molar-refractivity contribution is 6.53. The molecule has 0 fully saturated rings. The molecule has 0 unspecified atom stereocenters. The van der Waals surface area contributed by atoms with Gasteiger partial charge in [-0.2, -0.15) is 0 Å². The minimum absolute atomic E-state index is 0.0520. The molecular weight excluding hydrogens is 384 g/mol. The third kappa shape index (κ3) is 3.57. The maximum Gasteiger partial charge on any atom is 0.337 e. The summed E-state index contributed by atoms with van der Waals surface area (Å²) in [5.74, 6) is -1.32. The predicted molar refractivity (Wildman–Crippen MR) is 104 cm³/mol. The zero-order chi connectivity index (χ0) is 20.3. The zero-order valence-corrected chi connectivity index (χ0v) is 15.9. The van der Waals surface area contributed by atoms with Crippen LogP contribution in [-0.2, 0) is 14.3 Å². The number of hydrogen-bond donors (Lipinski definition) is 1. The number of carbonyl (C=O) groups excluding carboxylic acids is 3. The van der Waals surface area contributed by atoms with Gasteiger partial charge in [0.05, 0.1) is 25.0 Å². The Morgan fingerprint density at radius 1 is 1.07 bits per heavy atom. The molecule has 8 heteroatoms. The van der Waals surface area contributed by atoms with E-state index in [1.54, 1.807) is 43.3 Å². The first-order chi connectivity index (χ1) is 13.5. The van der Waals surface area contributed by atoms with Crippen LogP contribution in [0.2, 0.25) is 0 Å². The molecule has 7 nitrogen and oxygen atoms in total. The van der Waals surface area contributed by atoms with Crippen molar-refractivity contribution in [1.82, 2.24) is 0 Å². The summed E-state index contributed by atoms with van der Waals surface area (Å²) in [4.78, 5) is 38.0. The Morgan fingerprint density at radius 3 is 2.39 bits per heavy atom. The molecule has 1 heterocycles. The second-order valence-corrected chi connectivity index (χ2v) is 6.11. The summed E-state index contributed by atoms with van der Waals surface area (Å²) in [5.41, 5.74) is 1.11. The second kappa shape index (κ2) is 8.14. The summed E-state index contributed by atoms with van der Waals surface area (Å²) in [6.45, 7) is 2.19. The third-order valence-electron chi connectivity index (χ3n) is 4.01. The molecule has 0 bridgehead atoms. The smallest absolute Gasteiger partial charge is 0.337 e. The number of amides is 2. The van der Waals surface area contributed by atoms with Gasteiger partial charge < -0.3 is 14.8 Å². The number of carbonyl (C=O) groups is 3. The van der Waals surface area contributed by atoms with Gasteiger partial charge in [0.15, 0.2) is 0 Å². The number of hydrogen-bond acceptors (Lipinski definition) is 6. The highest BCUT2D eigenvalue weighted by atomic mass is 35.5. The Bertz CT molecular complexity index is 969. The Labute approximate surface area is 166 Å². The van der Waals surface area contributed by atoms with Crippen molar-refractivity contribution in [3.8, 4) is 5.75 Å². The summed E-state index contributed by atoms with van der Waals surface area (Å²) >= 11 is 6.14. The lowest BCUT2D eigenvalue weighted by atomic mass is 10.2. The van der Waals surface area contributed by atoms with Crippen molar-refractivity contribution in [2.45, 2.75) is 6.92 Å². The van der Waals surface area contributed by atoms with Crippen LogP contribution in [0.25, 0.3) is 0 Å². The summed E-state index contributed by atoms with van der Waals surface area (Å²) in [6.07, 6.45) is 0. The quantitative estimate of drug-likeness (QED) is 0.591. The van der Waals surface area contributed by atoms with Crippen LogP contribution in [0.15, 0.2) is 59.3 Å². The van der Waals surface area contributed by atoms with Crippen molar-refractivity contribution in [2.24, 2.45) is 0 Å². The van der Waals surface area contributed by atoms with Gasteiger partial charge in [0.25, 0.3) is 11.8 Å². The van der Waals surface area contributed by atoms with Crippen LogP contribution in [0.4, 0.5) is 11.4 Å². The molecule has 0 aromatic heterocycles. The molecule has 0 aliphatic carbocycles. The fraction of sp³-hybridized carbons (Fsp3) is 0.150. The maximum atomic E-state index is 12.9. The molecule has 3 rings (SSSR count). The molecule has 28 heavy (non-hydrogen) atoms. The molecule has 2 aromatic rings. The molecule has 2 amide bonds. The van der Waals surface area contributed by atoms with Crippen molar-refractivity contribution in [1.29, 1.82) is 0 Å². The number of nitrogens with one attached hydrogen (secondary N) is 1. The van der Waals surface area contributed by atoms with Crippen molar-refractivity contribution >= 4 is 40.8 Å². The van der Waals surface area contributed by atoms with Gasteiger partial charge in [0.2, 0.25) is 0 Å². The lowest BCUT2D eigenvalue weighted by Crippen LogP contribution is -2.32. The number of rotatable bonds is 6. The largest absolute Gasteiger partial charge is 0.492 e. The Hall–Kier alpha value is -3.32. The maximum absolute atomic E-state index is 12.9. The average Bonchev–Trinajstić information content (AvgIpc) is 2.92. The van der Waals surface area contributed by atoms with Crippen molar-refractivity contribution in [3.05, 3.63) is 64.8 Å². The van der Waals surface area contributed by atoms with E-state index >= 15 is 0 Å². The van der Waals surface area contributed by atoms with Gasteiger partial charge in [-0.3, -0.25) is 9.59 Å². The molecule has 1 aliphatic rings. The lowest BCUT2D eigenvalue weighted by molar-refractivity contribution is -0.120. The van der Waals surface area contributed by atoms with Crippen molar-refractivity contribution in [2.75, 3.05) is 23.9 Å². The van der Waals surface area contributed by atoms with E-state index in [-0.39, 0.29) is 10.7 Å². The number of imide groups is 1. The predicted octanol–water partition coefficient (Wildman–Crippen LogP) is 3.31. The van der Waals surface area contributed by atoms with Crippen LogP contribution in [0, 0.1) is 0 Å². The number of benzene rings is 2. The van der Waals surface area contributed by atoms with Crippen LogP contribution in [0.3, 0.4) is 0 Å². The van der Waals surface area contributed by atoms with E-state index in [0.717, 1.165) is 4.90 Å². The van der Waals surface area contributed by atoms with Gasteiger partial charge in [0.1, 0.15) is 16.5 Å².